The number of aliphatic hydroxyl groups is 1. The number of aliphatic hydroxyl groups excluding tert-OH is 1. The second-order valence-corrected chi connectivity index (χ2v) is 45.9. The van der Waals surface area contributed by atoms with E-state index in [1.165, 1.54) is 0 Å². The molecule has 21 heteroatoms. The first-order chi connectivity index (χ1) is 30.1. The first-order valence-electron chi connectivity index (χ1n) is 23.5. The Balaban J connectivity index is 0. The Bertz CT molecular complexity index is 937. The fourth-order valence-corrected chi connectivity index (χ4v) is 24.0. The number of halogens is 2. The summed E-state index contributed by atoms with van der Waals surface area (Å²) < 4.78 is 76.6. The molecule has 0 aromatic heterocycles. The van der Waals surface area contributed by atoms with Gasteiger partial charge in [-0.05, 0) is 136 Å². The summed E-state index contributed by atoms with van der Waals surface area (Å²) in [7, 11) is -7.45. The van der Waals surface area contributed by atoms with E-state index in [-0.39, 0.29) is 6.61 Å². The van der Waals surface area contributed by atoms with Gasteiger partial charge in [-0.3, -0.25) is 0 Å². The van der Waals surface area contributed by atoms with Crippen molar-refractivity contribution in [2.75, 3.05) is 139 Å². The van der Waals surface area contributed by atoms with Gasteiger partial charge in [0.2, 0.25) is 0 Å². The molecule has 63 heavy (non-hydrogen) atoms. The molecular weight excluding hydrogens is 1150 g/mol. The van der Waals surface area contributed by atoms with Gasteiger partial charge in [-0.2, -0.15) is 0 Å². The molecule has 0 aliphatic heterocycles. The van der Waals surface area contributed by atoms with Gasteiger partial charge in [0.15, 0.2) is 16.6 Å². The molecule has 1 atom stereocenters. The van der Waals surface area contributed by atoms with Crippen LogP contribution in [0.2, 0.25) is 65.0 Å². The molecule has 0 rings (SSSR count). The van der Waals surface area contributed by atoms with Crippen molar-refractivity contribution in [3.63, 3.8) is 0 Å². The van der Waals surface area contributed by atoms with Crippen molar-refractivity contribution in [3.8, 4) is 0 Å². The SMILES string of the molecule is C[Si](C)(C)O[Si](C)(C)O[Si](C)(CCCOCCCOCCCOCCCOCCCOCCCOCCCOCCCOCCCOCCCOCCCO)O[Si](C)(C)C.[I][V][I]. The minimum atomic E-state index is -2.37. The standard InChI is InChI=1S/C42H94O14Si4.2HI.V/c1-57(2,3)54-59(7,8)56-60(9,55-58(4,5)6)42-20-41-53-40-19-39-52-38-18-37-51-36-17-35-50-34-16-33-49-32-15-31-48-30-14-29-47-28-13-27-46-26-12-25-45-24-11-23-44-22-10-21-43;;;/h43H,10-42H2,1-9H3;2*1H;/q;;;+2/p-2. The van der Waals surface area contributed by atoms with Gasteiger partial charge in [0.05, 0.1) is 0 Å². The fourth-order valence-electron chi connectivity index (χ4n) is 6.10. The second kappa shape index (κ2) is 48.0. The Morgan fingerprint density at radius 3 is 0.730 bits per heavy atom. The molecule has 381 valence electrons. The van der Waals surface area contributed by atoms with E-state index in [1.807, 2.05) is 0 Å². The van der Waals surface area contributed by atoms with Crippen molar-refractivity contribution in [2.45, 2.75) is 136 Å². The van der Waals surface area contributed by atoms with E-state index < -0.39 is 33.8 Å². The molecule has 1 N–H and O–H groups in total. The third kappa shape index (κ3) is 58.6. The zero-order valence-corrected chi connectivity index (χ0v) is 51.0. The normalized spacial score (nSPS) is 13.3. The molecule has 0 aromatic carbocycles. The molecule has 0 spiro atoms. The van der Waals surface area contributed by atoms with Crippen LogP contribution in [0.25, 0.3) is 0 Å². The molecule has 0 aromatic rings. The molecular formula is C42H94I2O14Si4V. The summed E-state index contributed by atoms with van der Waals surface area (Å²) >= 11 is 4.74. The Kier molecular flexibility index (Phi) is 51.4. The molecule has 0 aliphatic rings. The van der Waals surface area contributed by atoms with Crippen LogP contribution in [0.3, 0.4) is 0 Å². The number of hydrogen-bond acceptors (Lipinski definition) is 14. The third-order valence-corrected chi connectivity index (χ3v) is 21.6. The summed E-state index contributed by atoms with van der Waals surface area (Å²) in [4.78, 5) is 0. The van der Waals surface area contributed by atoms with E-state index in [9.17, 15) is 0 Å². The molecule has 0 saturated carbocycles. The predicted octanol–water partition coefficient (Wildman–Crippen LogP) is 9.70. The van der Waals surface area contributed by atoms with Crippen LogP contribution in [0.15, 0.2) is 0 Å². The molecule has 0 fully saturated rings. The fraction of sp³-hybridized carbons (Fsp3) is 1.00. The Morgan fingerprint density at radius 2 is 0.524 bits per heavy atom. The third-order valence-electron chi connectivity index (χ3n) is 8.10. The molecule has 0 heterocycles. The van der Waals surface area contributed by atoms with E-state index in [2.05, 4.69) is 98.9 Å². The van der Waals surface area contributed by atoms with Gasteiger partial charge in [-0.1, -0.05) is 0 Å². The van der Waals surface area contributed by atoms with Gasteiger partial charge in [-0.25, -0.2) is 0 Å². The molecule has 0 aliphatic carbocycles. The minimum absolute atomic E-state index is 0.178. The van der Waals surface area contributed by atoms with Crippen LogP contribution in [0.1, 0.15) is 70.6 Å². The van der Waals surface area contributed by atoms with Gasteiger partial charge in [0.1, 0.15) is 0 Å². The number of rotatable bonds is 49. The summed E-state index contributed by atoms with van der Waals surface area (Å²) in [5.41, 5.74) is 0. The van der Waals surface area contributed by atoms with Crippen LogP contribution in [0.4, 0.5) is 0 Å². The zero-order valence-electron chi connectivity index (χ0n) is 41.3. The molecule has 14 nitrogen and oxygen atoms in total. The molecule has 0 bridgehead atoms. The predicted molar refractivity (Wildman–Crippen MR) is 278 cm³/mol. The zero-order chi connectivity index (χ0) is 47.2. The summed E-state index contributed by atoms with van der Waals surface area (Å²) in [6.07, 6.45) is 9.63. The van der Waals surface area contributed by atoms with Crippen molar-refractivity contribution in [3.05, 3.63) is 0 Å². The quantitative estimate of drug-likeness (QED) is 0.0351. The topological polar surface area (TPSA) is 140 Å². The van der Waals surface area contributed by atoms with E-state index in [4.69, 9.17) is 64.8 Å². The van der Waals surface area contributed by atoms with Crippen LogP contribution in [0, 0.1) is 0 Å². The van der Waals surface area contributed by atoms with Crippen LogP contribution >= 0.6 is 40.0 Å². The maximum atomic E-state index is 8.69. The number of ether oxygens (including phenoxy) is 10. The first kappa shape index (κ1) is 67.4. The van der Waals surface area contributed by atoms with Gasteiger partial charge in [0.25, 0.3) is 0 Å². The molecule has 0 radical (unpaired) electrons. The van der Waals surface area contributed by atoms with E-state index in [1.54, 1.807) is 0 Å². The Hall–Kier alpha value is 2.35. The van der Waals surface area contributed by atoms with Gasteiger partial charge < -0.3 is 64.8 Å². The van der Waals surface area contributed by atoms with E-state index in [0.29, 0.717) is 148 Å². The average molecular weight is 1240 g/mol. The molecule has 0 amide bonds. The number of hydrogen-bond donors (Lipinski definition) is 1. The molecule has 1 unspecified atom stereocenters. The second-order valence-electron chi connectivity index (χ2n) is 17.6. The van der Waals surface area contributed by atoms with E-state index >= 15 is 0 Å². The van der Waals surface area contributed by atoms with E-state index in [0.717, 1.165) is 70.3 Å². The van der Waals surface area contributed by atoms with Gasteiger partial charge >= 0.3 is 66.5 Å². The Morgan fingerprint density at radius 1 is 0.317 bits per heavy atom. The monoisotopic (exact) mass is 1240 g/mol. The maximum absolute atomic E-state index is 8.69. The average Bonchev–Trinajstić information content (AvgIpc) is 3.18. The summed E-state index contributed by atoms with van der Waals surface area (Å²) in [6, 6.07) is 0.918. The summed E-state index contributed by atoms with van der Waals surface area (Å²) in [6.45, 7) is 34.1. The van der Waals surface area contributed by atoms with Crippen molar-refractivity contribution in [2.24, 2.45) is 0 Å². The van der Waals surface area contributed by atoms with Gasteiger partial charge in [0, 0.05) is 139 Å². The van der Waals surface area contributed by atoms with Gasteiger partial charge in [-0.15, -0.1) is 0 Å². The Labute approximate surface area is 418 Å². The van der Waals surface area contributed by atoms with Crippen LogP contribution < -0.4 is 0 Å². The summed E-state index contributed by atoms with van der Waals surface area (Å²) in [5, 5.41) is 8.69. The van der Waals surface area contributed by atoms with Crippen LogP contribution in [-0.2, 0) is 69.2 Å². The first-order valence-corrected chi connectivity index (χ1v) is 44.7. The van der Waals surface area contributed by atoms with Crippen molar-refractivity contribution >= 4 is 73.7 Å². The van der Waals surface area contributed by atoms with Crippen LogP contribution in [0.5, 0.6) is 0 Å². The van der Waals surface area contributed by atoms with Crippen molar-refractivity contribution < 1.29 is 74.3 Å². The van der Waals surface area contributed by atoms with Crippen molar-refractivity contribution in [1.82, 2.24) is 0 Å². The molecule has 0 saturated heterocycles. The van der Waals surface area contributed by atoms with Crippen LogP contribution in [-0.4, -0.2) is 178 Å². The van der Waals surface area contributed by atoms with Crippen molar-refractivity contribution in [1.29, 1.82) is 0 Å². The summed E-state index contributed by atoms with van der Waals surface area (Å²) in [5.74, 6) is 0.